The first-order valence-corrected chi connectivity index (χ1v) is 7.80. The third-order valence-corrected chi connectivity index (χ3v) is 3.91. The monoisotopic (exact) mass is 296 g/mol. The summed E-state index contributed by atoms with van der Waals surface area (Å²) in [4.78, 5) is 0. The number of hydrazine groups is 1. The van der Waals surface area contributed by atoms with Crippen molar-refractivity contribution in [2.75, 3.05) is 0 Å². The predicted molar refractivity (Wildman–Crippen MR) is 88.9 cm³/mol. The summed E-state index contributed by atoms with van der Waals surface area (Å²) in [6.07, 6.45) is 3.15. The molecule has 0 aliphatic carbocycles. The molecule has 0 saturated heterocycles. The van der Waals surface area contributed by atoms with E-state index in [1.165, 1.54) is 17.5 Å². The summed E-state index contributed by atoms with van der Waals surface area (Å²) in [5, 5.41) is 0.841. The van der Waals surface area contributed by atoms with Crippen LogP contribution in [0.1, 0.15) is 51.7 Å². The van der Waals surface area contributed by atoms with E-state index in [0.717, 1.165) is 17.9 Å². The number of hydrogen-bond acceptors (Lipinski definition) is 2. The number of hydrogen-bond donors (Lipinski definition) is 2. The molecule has 3 N–H and O–H groups in total. The van der Waals surface area contributed by atoms with Crippen molar-refractivity contribution < 1.29 is 0 Å². The maximum absolute atomic E-state index is 6.30. The minimum Gasteiger partial charge on any atom is -0.271 e. The first-order chi connectivity index (χ1) is 9.21. The van der Waals surface area contributed by atoms with Gasteiger partial charge in [0, 0.05) is 11.1 Å². The zero-order chi connectivity index (χ0) is 15.3. The highest BCUT2D eigenvalue weighted by molar-refractivity contribution is 6.31. The highest BCUT2D eigenvalue weighted by Gasteiger charge is 2.19. The summed E-state index contributed by atoms with van der Waals surface area (Å²) in [5.74, 6) is 6.36. The molecule has 0 aromatic heterocycles. The molecule has 20 heavy (non-hydrogen) atoms. The molecule has 2 atom stereocenters. The predicted octanol–water partition coefficient (Wildman–Crippen LogP) is 4.49. The maximum atomic E-state index is 6.30. The molecule has 0 heterocycles. The average Bonchev–Trinajstić information content (AvgIpc) is 2.29. The van der Waals surface area contributed by atoms with Gasteiger partial charge in [0.1, 0.15) is 0 Å². The highest BCUT2D eigenvalue weighted by atomic mass is 35.5. The van der Waals surface area contributed by atoms with Gasteiger partial charge in [-0.15, -0.1) is 0 Å². The zero-order valence-corrected chi connectivity index (χ0v) is 14.2. The van der Waals surface area contributed by atoms with E-state index in [1.54, 1.807) is 0 Å². The van der Waals surface area contributed by atoms with Crippen LogP contribution in [-0.4, -0.2) is 6.04 Å². The van der Waals surface area contributed by atoms with Crippen molar-refractivity contribution in [1.82, 2.24) is 5.43 Å². The molecule has 0 bridgehead atoms. The van der Waals surface area contributed by atoms with Gasteiger partial charge in [0.15, 0.2) is 0 Å². The maximum Gasteiger partial charge on any atom is 0.0441 e. The Kier molecular flexibility index (Phi) is 6.50. The summed E-state index contributed by atoms with van der Waals surface area (Å²) in [5.41, 5.74) is 5.67. The molecule has 1 aromatic carbocycles. The van der Waals surface area contributed by atoms with E-state index in [2.05, 4.69) is 52.2 Å². The lowest BCUT2D eigenvalue weighted by molar-refractivity contribution is 0.274. The molecule has 114 valence electrons. The van der Waals surface area contributed by atoms with E-state index in [0.29, 0.717) is 11.3 Å². The van der Waals surface area contributed by atoms with Crippen molar-refractivity contribution >= 4 is 11.6 Å². The number of nitrogens with one attached hydrogen (secondary N) is 1. The molecular formula is C17H29ClN2. The van der Waals surface area contributed by atoms with Gasteiger partial charge in [-0.3, -0.25) is 11.3 Å². The molecular weight excluding hydrogens is 268 g/mol. The SMILES string of the molecule is Cc1ccc(CC(CC(C)CC(C)(C)C)NN)c(Cl)c1. The van der Waals surface area contributed by atoms with Crippen molar-refractivity contribution in [2.24, 2.45) is 17.2 Å². The van der Waals surface area contributed by atoms with E-state index in [9.17, 15) is 0 Å². The first-order valence-electron chi connectivity index (χ1n) is 7.42. The van der Waals surface area contributed by atoms with E-state index in [4.69, 9.17) is 17.4 Å². The number of halogens is 1. The Morgan fingerprint density at radius 3 is 2.45 bits per heavy atom. The van der Waals surface area contributed by atoms with Crippen LogP contribution in [0.25, 0.3) is 0 Å². The Labute approximate surface area is 129 Å². The molecule has 0 spiro atoms. The summed E-state index contributed by atoms with van der Waals surface area (Å²) in [6, 6.07) is 6.50. The second-order valence-electron chi connectivity index (χ2n) is 7.27. The molecule has 0 amide bonds. The van der Waals surface area contributed by atoms with E-state index in [1.807, 2.05) is 6.07 Å². The Morgan fingerprint density at radius 1 is 1.30 bits per heavy atom. The standard InChI is InChI=1S/C17H29ClN2/c1-12-6-7-14(16(18)9-12)10-15(20-19)8-13(2)11-17(3,4)5/h6-7,9,13,15,20H,8,10-11,19H2,1-5H3. The van der Waals surface area contributed by atoms with Gasteiger partial charge < -0.3 is 0 Å². The van der Waals surface area contributed by atoms with Gasteiger partial charge in [0.25, 0.3) is 0 Å². The topological polar surface area (TPSA) is 38.0 Å². The zero-order valence-electron chi connectivity index (χ0n) is 13.5. The Hall–Kier alpha value is -0.570. The fourth-order valence-corrected chi connectivity index (χ4v) is 3.22. The molecule has 2 unspecified atom stereocenters. The third kappa shape index (κ3) is 6.25. The summed E-state index contributed by atoms with van der Waals surface area (Å²) >= 11 is 6.30. The number of rotatable bonds is 6. The van der Waals surface area contributed by atoms with E-state index < -0.39 is 0 Å². The van der Waals surface area contributed by atoms with Crippen molar-refractivity contribution in [3.63, 3.8) is 0 Å². The van der Waals surface area contributed by atoms with E-state index >= 15 is 0 Å². The van der Waals surface area contributed by atoms with E-state index in [-0.39, 0.29) is 6.04 Å². The largest absolute Gasteiger partial charge is 0.271 e. The summed E-state index contributed by atoms with van der Waals surface area (Å²) in [6.45, 7) is 11.2. The van der Waals surface area contributed by atoms with Gasteiger partial charge in [0.05, 0.1) is 0 Å². The van der Waals surface area contributed by atoms with Gasteiger partial charge in [-0.25, -0.2) is 0 Å². The van der Waals surface area contributed by atoms with Crippen LogP contribution in [0.3, 0.4) is 0 Å². The van der Waals surface area contributed by atoms with Gasteiger partial charge in [-0.05, 0) is 54.7 Å². The number of aryl methyl sites for hydroxylation is 1. The van der Waals surface area contributed by atoms with Gasteiger partial charge in [-0.1, -0.05) is 51.4 Å². The van der Waals surface area contributed by atoms with Crippen LogP contribution < -0.4 is 11.3 Å². The average molecular weight is 297 g/mol. The molecule has 3 heteroatoms. The minimum atomic E-state index is 0.271. The Bertz CT molecular complexity index is 423. The van der Waals surface area contributed by atoms with Crippen LogP contribution >= 0.6 is 11.6 Å². The smallest absolute Gasteiger partial charge is 0.0441 e. The molecule has 2 nitrogen and oxygen atoms in total. The Balaban J connectivity index is 2.63. The van der Waals surface area contributed by atoms with Crippen molar-refractivity contribution in [3.8, 4) is 0 Å². The quantitative estimate of drug-likeness (QED) is 0.600. The fourth-order valence-electron chi connectivity index (χ4n) is 2.91. The van der Waals surface area contributed by atoms with Gasteiger partial charge in [-0.2, -0.15) is 0 Å². The number of nitrogens with two attached hydrogens (primary N) is 1. The molecule has 0 fully saturated rings. The van der Waals surface area contributed by atoms with Crippen LogP contribution in [0.5, 0.6) is 0 Å². The first kappa shape index (κ1) is 17.5. The minimum absolute atomic E-state index is 0.271. The van der Waals surface area contributed by atoms with Crippen LogP contribution in [0.2, 0.25) is 5.02 Å². The van der Waals surface area contributed by atoms with Gasteiger partial charge in [0.2, 0.25) is 0 Å². The highest BCUT2D eigenvalue weighted by Crippen LogP contribution is 2.28. The summed E-state index contributed by atoms with van der Waals surface area (Å²) in [7, 11) is 0. The normalized spacial score (nSPS) is 15.2. The molecule has 0 saturated carbocycles. The molecule has 0 aliphatic heterocycles. The Morgan fingerprint density at radius 2 is 1.95 bits per heavy atom. The fraction of sp³-hybridized carbons (Fsp3) is 0.647. The second kappa shape index (κ2) is 7.44. The van der Waals surface area contributed by atoms with Crippen LogP contribution in [-0.2, 0) is 6.42 Å². The summed E-state index contributed by atoms with van der Waals surface area (Å²) < 4.78 is 0. The van der Waals surface area contributed by atoms with Crippen LogP contribution in [0.15, 0.2) is 18.2 Å². The molecule has 1 aromatic rings. The molecule has 1 rings (SSSR count). The van der Waals surface area contributed by atoms with Crippen molar-refractivity contribution in [3.05, 3.63) is 34.3 Å². The lowest BCUT2D eigenvalue weighted by atomic mass is 9.82. The number of benzene rings is 1. The lowest BCUT2D eigenvalue weighted by Crippen LogP contribution is -2.38. The lowest BCUT2D eigenvalue weighted by Gasteiger charge is -2.26. The molecule has 0 aliphatic rings. The second-order valence-corrected chi connectivity index (χ2v) is 7.68. The van der Waals surface area contributed by atoms with Crippen LogP contribution in [0, 0.1) is 18.3 Å². The van der Waals surface area contributed by atoms with Crippen LogP contribution in [0.4, 0.5) is 0 Å². The molecule has 0 radical (unpaired) electrons. The van der Waals surface area contributed by atoms with Crippen molar-refractivity contribution in [1.29, 1.82) is 0 Å². The van der Waals surface area contributed by atoms with Gasteiger partial charge >= 0.3 is 0 Å². The third-order valence-electron chi connectivity index (χ3n) is 3.56. The van der Waals surface area contributed by atoms with Crippen molar-refractivity contribution in [2.45, 2.75) is 59.9 Å².